The maximum Gasteiger partial charge on any atom is 0.0917 e. The largest absolute Gasteiger partial charge is 0.387 e. The molecule has 0 aliphatic carbocycles. The van der Waals surface area contributed by atoms with E-state index in [0.29, 0.717) is 0 Å². The van der Waals surface area contributed by atoms with E-state index < -0.39 is 6.10 Å². The third-order valence-corrected chi connectivity index (χ3v) is 2.29. The molecule has 0 heterocycles. The first-order chi connectivity index (χ1) is 6.06. The van der Waals surface area contributed by atoms with Crippen LogP contribution in [0.1, 0.15) is 28.4 Å². The number of aliphatic hydroxyl groups excluding tert-OH is 1. The molecule has 0 radical (unpaired) electrons. The molecule has 1 atom stereocenters. The molecule has 1 aromatic carbocycles. The van der Waals surface area contributed by atoms with Crippen molar-refractivity contribution in [2.24, 2.45) is 5.73 Å². The van der Waals surface area contributed by atoms with Crippen molar-refractivity contribution in [1.29, 1.82) is 0 Å². The molecular weight excluding hydrogens is 162 g/mol. The van der Waals surface area contributed by atoms with Crippen LogP contribution in [0, 0.1) is 20.8 Å². The monoisotopic (exact) mass is 179 g/mol. The summed E-state index contributed by atoms with van der Waals surface area (Å²) < 4.78 is 0. The Bertz CT molecular complexity index is 284. The van der Waals surface area contributed by atoms with Gasteiger partial charge in [0.1, 0.15) is 0 Å². The third-order valence-electron chi connectivity index (χ3n) is 2.29. The normalized spacial score (nSPS) is 13.0. The molecule has 0 aromatic heterocycles. The molecule has 1 aromatic rings. The van der Waals surface area contributed by atoms with Gasteiger partial charge in [0.15, 0.2) is 0 Å². The van der Waals surface area contributed by atoms with Crippen LogP contribution in [0.2, 0.25) is 0 Å². The van der Waals surface area contributed by atoms with Gasteiger partial charge in [0, 0.05) is 6.54 Å². The summed E-state index contributed by atoms with van der Waals surface area (Å²) in [5.41, 5.74) is 9.88. The lowest BCUT2D eigenvalue weighted by molar-refractivity contribution is 0.185. The van der Waals surface area contributed by atoms with E-state index in [4.69, 9.17) is 5.73 Å². The van der Waals surface area contributed by atoms with Crippen LogP contribution >= 0.6 is 0 Å². The number of rotatable bonds is 2. The quantitative estimate of drug-likeness (QED) is 0.724. The van der Waals surface area contributed by atoms with Gasteiger partial charge < -0.3 is 10.8 Å². The number of hydrogen-bond acceptors (Lipinski definition) is 2. The van der Waals surface area contributed by atoms with Gasteiger partial charge in [-0.15, -0.1) is 0 Å². The molecule has 2 nitrogen and oxygen atoms in total. The Morgan fingerprint density at radius 2 is 1.69 bits per heavy atom. The molecule has 0 aliphatic heterocycles. The zero-order valence-corrected chi connectivity index (χ0v) is 8.46. The van der Waals surface area contributed by atoms with Gasteiger partial charge in [0.25, 0.3) is 0 Å². The van der Waals surface area contributed by atoms with E-state index in [1.165, 1.54) is 5.56 Å². The highest BCUT2D eigenvalue weighted by Crippen LogP contribution is 2.22. The second-order valence-corrected chi connectivity index (χ2v) is 3.56. The van der Waals surface area contributed by atoms with Crippen molar-refractivity contribution in [3.63, 3.8) is 0 Å². The smallest absolute Gasteiger partial charge is 0.0917 e. The molecule has 0 saturated carbocycles. The second-order valence-electron chi connectivity index (χ2n) is 3.56. The van der Waals surface area contributed by atoms with E-state index in [1.807, 2.05) is 13.8 Å². The van der Waals surface area contributed by atoms with Gasteiger partial charge in [-0.1, -0.05) is 17.7 Å². The lowest BCUT2D eigenvalue weighted by Crippen LogP contribution is -2.14. The highest BCUT2D eigenvalue weighted by atomic mass is 16.3. The summed E-state index contributed by atoms with van der Waals surface area (Å²) in [5.74, 6) is 0. The zero-order valence-electron chi connectivity index (χ0n) is 8.46. The van der Waals surface area contributed by atoms with Crippen molar-refractivity contribution >= 4 is 0 Å². The summed E-state index contributed by atoms with van der Waals surface area (Å²) in [7, 11) is 0. The lowest BCUT2D eigenvalue weighted by atomic mass is 9.96. The van der Waals surface area contributed by atoms with E-state index in [9.17, 15) is 5.11 Å². The fourth-order valence-electron chi connectivity index (χ4n) is 1.83. The third kappa shape index (κ3) is 2.08. The van der Waals surface area contributed by atoms with E-state index >= 15 is 0 Å². The molecule has 0 aliphatic rings. The average Bonchev–Trinajstić information content (AvgIpc) is 2.02. The summed E-state index contributed by atoms with van der Waals surface area (Å²) in [5, 5.41) is 9.66. The number of hydrogen-bond donors (Lipinski definition) is 2. The summed E-state index contributed by atoms with van der Waals surface area (Å²) in [4.78, 5) is 0. The van der Waals surface area contributed by atoms with Crippen molar-refractivity contribution in [2.45, 2.75) is 26.9 Å². The van der Waals surface area contributed by atoms with Crippen LogP contribution in [0.15, 0.2) is 12.1 Å². The first-order valence-electron chi connectivity index (χ1n) is 4.52. The summed E-state index contributed by atoms with van der Waals surface area (Å²) in [6.07, 6.45) is -0.527. The molecule has 13 heavy (non-hydrogen) atoms. The van der Waals surface area contributed by atoms with Crippen molar-refractivity contribution in [1.82, 2.24) is 0 Å². The number of nitrogens with two attached hydrogens (primary N) is 1. The average molecular weight is 179 g/mol. The fourth-order valence-corrected chi connectivity index (χ4v) is 1.83. The Hall–Kier alpha value is -0.860. The van der Waals surface area contributed by atoms with E-state index in [0.717, 1.165) is 16.7 Å². The topological polar surface area (TPSA) is 46.2 Å². The Balaban J connectivity index is 3.20. The Kier molecular flexibility index (Phi) is 3.07. The van der Waals surface area contributed by atoms with Gasteiger partial charge in [-0.25, -0.2) is 0 Å². The van der Waals surface area contributed by atoms with Crippen LogP contribution in [-0.4, -0.2) is 11.7 Å². The van der Waals surface area contributed by atoms with Gasteiger partial charge in [-0.3, -0.25) is 0 Å². The summed E-state index contributed by atoms with van der Waals surface area (Å²) in [6, 6.07) is 4.14. The van der Waals surface area contributed by atoms with Crippen LogP contribution < -0.4 is 5.73 Å². The molecule has 3 N–H and O–H groups in total. The SMILES string of the molecule is Cc1cc(C)c(C(O)CN)c(C)c1. The molecule has 0 bridgehead atoms. The molecule has 0 saturated heterocycles. The maximum absolute atomic E-state index is 9.66. The van der Waals surface area contributed by atoms with Gasteiger partial charge in [0.05, 0.1) is 6.10 Å². The first-order valence-corrected chi connectivity index (χ1v) is 4.52. The lowest BCUT2D eigenvalue weighted by Gasteiger charge is -2.15. The Morgan fingerprint density at radius 1 is 1.23 bits per heavy atom. The van der Waals surface area contributed by atoms with Crippen molar-refractivity contribution < 1.29 is 5.11 Å². The van der Waals surface area contributed by atoms with Crippen LogP contribution in [0.3, 0.4) is 0 Å². The standard InChI is InChI=1S/C11H17NO/c1-7-4-8(2)11(9(3)5-7)10(13)6-12/h4-5,10,13H,6,12H2,1-3H3. The van der Waals surface area contributed by atoms with Gasteiger partial charge in [-0.05, 0) is 37.5 Å². The first kappa shape index (κ1) is 10.2. The Morgan fingerprint density at radius 3 is 2.08 bits per heavy atom. The summed E-state index contributed by atoms with van der Waals surface area (Å²) >= 11 is 0. The molecular formula is C11H17NO. The van der Waals surface area contributed by atoms with Gasteiger partial charge in [0.2, 0.25) is 0 Å². The minimum absolute atomic E-state index is 0.282. The minimum atomic E-state index is -0.527. The van der Waals surface area contributed by atoms with Crippen molar-refractivity contribution in [2.75, 3.05) is 6.54 Å². The molecule has 0 fully saturated rings. The van der Waals surface area contributed by atoms with Crippen LogP contribution in [0.5, 0.6) is 0 Å². The fraction of sp³-hybridized carbons (Fsp3) is 0.455. The van der Waals surface area contributed by atoms with E-state index in [-0.39, 0.29) is 6.54 Å². The predicted molar refractivity (Wildman–Crippen MR) is 54.7 cm³/mol. The van der Waals surface area contributed by atoms with E-state index in [2.05, 4.69) is 19.1 Å². The highest BCUT2D eigenvalue weighted by Gasteiger charge is 2.11. The number of aliphatic hydroxyl groups is 1. The highest BCUT2D eigenvalue weighted by molar-refractivity contribution is 5.39. The molecule has 0 spiro atoms. The minimum Gasteiger partial charge on any atom is -0.387 e. The molecule has 0 amide bonds. The Labute approximate surface area is 79.4 Å². The second kappa shape index (κ2) is 3.90. The molecule has 2 heteroatoms. The van der Waals surface area contributed by atoms with E-state index in [1.54, 1.807) is 0 Å². The molecule has 1 rings (SSSR count). The predicted octanol–water partition coefficient (Wildman–Crippen LogP) is 1.60. The number of benzene rings is 1. The van der Waals surface area contributed by atoms with Crippen LogP contribution in [0.25, 0.3) is 0 Å². The van der Waals surface area contributed by atoms with Gasteiger partial charge >= 0.3 is 0 Å². The zero-order chi connectivity index (χ0) is 10.0. The number of aryl methyl sites for hydroxylation is 3. The molecule has 1 unspecified atom stereocenters. The van der Waals surface area contributed by atoms with Crippen molar-refractivity contribution in [3.8, 4) is 0 Å². The van der Waals surface area contributed by atoms with Crippen molar-refractivity contribution in [3.05, 3.63) is 34.4 Å². The summed E-state index contributed by atoms with van der Waals surface area (Å²) in [6.45, 7) is 6.35. The van der Waals surface area contributed by atoms with Gasteiger partial charge in [-0.2, -0.15) is 0 Å². The van der Waals surface area contributed by atoms with Crippen LogP contribution in [-0.2, 0) is 0 Å². The molecule has 72 valence electrons. The van der Waals surface area contributed by atoms with Crippen LogP contribution in [0.4, 0.5) is 0 Å². The maximum atomic E-state index is 9.66.